The zero-order chi connectivity index (χ0) is 11.4. The van der Waals surface area contributed by atoms with Gasteiger partial charge >= 0.3 is 5.82 Å². The van der Waals surface area contributed by atoms with Crippen molar-refractivity contribution in [2.75, 3.05) is 7.11 Å². The third-order valence-electron chi connectivity index (χ3n) is 1.47. The minimum Gasteiger partial charge on any atom is -0.358 e. The van der Waals surface area contributed by atoms with E-state index in [1.807, 2.05) is 5.48 Å². The molecule has 8 heteroatoms. The van der Waals surface area contributed by atoms with E-state index in [9.17, 15) is 14.9 Å². The predicted octanol–water partition coefficient (Wildman–Crippen LogP) is 1.04. The summed E-state index contributed by atoms with van der Waals surface area (Å²) in [6.45, 7) is 0. The fourth-order valence-corrected chi connectivity index (χ4v) is 1.25. The zero-order valence-electron chi connectivity index (χ0n) is 7.56. The largest absolute Gasteiger partial charge is 0.364 e. The summed E-state index contributed by atoms with van der Waals surface area (Å²) in [5.41, 5.74) is 2.13. The van der Waals surface area contributed by atoms with Crippen molar-refractivity contribution in [2.45, 2.75) is 0 Å². The second-order valence-corrected chi connectivity index (χ2v) is 3.27. The third-order valence-corrected chi connectivity index (χ3v) is 2.10. The molecule has 0 saturated carbocycles. The number of hydroxylamine groups is 1. The fourth-order valence-electron chi connectivity index (χ4n) is 0.849. The summed E-state index contributed by atoms with van der Waals surface area (Å²) in [5, 5.41) is 10.4. The summed E-state index contributed by atoms with van der Waals surface area (Å²) < 4.78 is 0.350. The Morgan fingerprint density at radius 2 is 2.40 bits per heavy atom. The van der Waals surface area contributed by atoms with Crippen LogP contribution in [0.25, 0.3) is 0 Å². The number of carbonyl (C=O) groups excluding carboxylic acids is 1. The van der Waals surface area contributed by atoms with Crippen molar-refractivity contribution in [3.05, 3.63) is 32.4 Å². The van der Waals surface area contributed by atoms with Crippen LogP contribution >= 0.6 is 15.9 Å². The molecular formula is C7H6BrN3O4. The number of nitrogens with zero attached hydrogens (tertiary/aromatic N) is 2. The van der Waals surface area contributed by atoms with E-state index in [0.29, 0.717) is 4.47 Å². The summed E-state index contributed by atoms with van der Waals surface area (Å²) in [5.74, 6) is -0.991. The first-order valence-electron chi connectivity index (χ1n) is 3.69. The summed E-state index contributed by atoms with van der Waals surface area (Å²) in [6, 6.07) is 1.05. The van der Waals surface area contributed by atoms with Gasteiger partial charge in [-0.25, -0.2) is 5.48 Å². The molecule has 1 aromatic rings. The quantitative estimate of drug-likeness (QED) is 0.657. The van der Waals surface area contributed by atoms with Gasteiger partial charge in [-0.05, 0) is 25.8 Å². The normalized spacial score (nSPS) is 9.73. The number of carbonyl (C=O) groups is 1. The summed E-state index contributed by atoms with van der Waals surface area (Å²) >= 11 is 3.05. The van der Waals surface area contributed by atoms with Crippen LogP contribution in [0.3, 0.4) is 0 Å². The highest BCUT2D eigenvalue weighted by Gasteiger charge is 2.17. The van der Waals surface area contributed by atoms with E-state index in [0.717, 1.165) is 6.07 Å². The first-order chi connectivity index (χ1) is 7.06. The standard InChI is InChI=1S/C7H6BrN3O4/c1-15-10-7(12)4-2-6(11(13)14)9-3-5(4)8/h2-3H,1H3,(H,10,12). The van der Waals surface area contributed by atoms with E-state index < -0.39 is 16.6 Å². The van der Waals surface area contributed by atoms with Crippen LogP contribution in [-0.4, -0.2) is 22.9 Å². The van der Waals surface area contributed by atoms with Crippen LogP contribution in [0.1, 0.15) is 10.4 Å². The number of hydrogen-bond donors (Lipinski definition) is 1. The molecule has 7 nitrogen and oxygen atoms in total. The van der Waals surface area contributed by atoms with Gasteiger partial charge in [0.25, 0.3) is 5.91 Å². The maximum atomic E-state index is 11.3. The van der Waals surface area contributed by atoms with Crippen LogP contribution < -0.4 is 5.48 Å². The average molecular weight is 276 g/mol. The molecule has 0 aliphatic heterocycles. The van der Waals surface area contributed by atoms with Crippen molar-refractivity contribution in [3.63, 3.8) is 0 Å². The molecule has 80 valence electrons. The highest BCUT2D eigenvalue weighted by Crippen LogP contribution is 2.19. The van der Waals surface area contributed by atoms with Crippen LogP contribution in [0.4, 0.5) is 5.82 Å². The summed E-state index contributed by atoms with van der Waals surface area (Å²) in [7, 11) is 1.27. The smallest absolute Gasteiger partial charge is 0.358 e. The number of halogens is 1. The van der Waals surface area contributed by atoms with E-state index in [1.54, 1.807) is 0 Å². The molecule has 0 aliphatic carbocycles. The fraction of sp³-hybridized carbons (Fsp3) is 0.143. The highest BCUT2D eigenvalue weighted by molar-refractivity contribution is 9.10. The van der Waals surface area contributed by atoms with Gasteiger partial charge in [-0.15, -0.1) is 0 Å². The van der Waals surface area contributed by atoms with Crippen LogP contribution in [0, 0.1) is 10.1 Å². The van der Waals surface area contributed by atoms with Crippen LogP contribution in [0.15, 0.2) is 16.7 Å². The Labute approximate surface area is 92.7 Å². The van der Waals surface area contributed by atoms with Gasteiger partial charge in [-0.2, -0.15) is 0 Å². The monoisotopic (exact) mass is 275 g/mol. The number of amides is 1. The second-order valence-electron chi connectivity index (χ2n) is 2.41. The number of hydrogen-bond acceptors (Lipinski definition) is 5. The van der Waals surface area contributed by atoms with E-state index in [1.165, 1.54) is 13.3 Å². The van der Waals surface area contributed by atoms with E-state index >= 15 is 0 Å². The van der Waals surface area contributed by atoms with Gasteiger partial charge in [0.1, 0.15) is 0 Å². The molecule has 0 bridgehead atoms. The lowest BCUT2D eigenvalue weighted by Gasteiger charge is -2.02. The van der Waals surface area contributed by atoms with Gasteiger partial charge in [0.2, 0.25) is 0 Å². The van der Waals surface area contributed by atoms with Crippen molar-refractivity contribution in [2.24, 2.45) is 0 Å². The molecule has 0 unspecified atom stereocenters. The maximum absolute atomic E-state index is 11.3. The molecule has 0 aliphatic rings. The van der Waals surface area contributed by atoms with Crippen LogP contribution in [0.2, 0.25) is 0 Å². The zero-order valence-corrected chi connectivity index (χ0v) is 9.15. The van der Waals surface area contributed by atoms with E-state index in [4.69, 9.17) is 0 Å². The van der Waals surface area contributed by atoms with Crippen molar-refractivity contribution in [3.8, 4) is 0 Å². The number of nitro groups is 1. The Kier molecular flexibility index (Phi) is 3.69. The van der Waals surface area contributed by atoms with Crippen LogP contribution in [0.5, 0.6) is 0 Å². The lowest BCUT2D eigenvalue weighted by atomic mass is 10.2. The molecule has 1 heterocycles. The van der Waals surface area contributed by atoms with Gasteiger partial charge < -0.3 is 10.1 Å². The van der Waals surface area contributed by atoms with Crippen molar-refractivity contribution in [1.82, 2.24) is 10.5 Å². The van der Waals surface area contributed by atoms with Crippen molar-refractivity contribution < 1.29 is 14.6 Å². The molecule has 0 spiro atoms. The average Bonchev–Trinajstić information content (AvgIpc) is 2.18. The molecule has 1 amide bonds. The van der Waals surface area contributed by atoms with Gasteiger partial charge in [-0.3, -0.25) is 9.63 Å². The lowest BCUT2D eigenvalue weighted by molar-refractivity contribution is -0.389. The summed E-state index contributed by atoms with van der Waals surface area (Å²) in [6.07, 6.45) is 1.18. The highest BCUT2D eigenvalue weighted by atomic mass is 79.9. The molecule has 1 aromatic heterocycles. The third kappa shape index (κ3) is 2.70. The molecule has 15 heavy (non-hydrogen) atoms. The van der Waals surface area contributed by atoms with Crippen molar-refractivity contribution in [1.29, 1.82) is 0 Å². The van der Waals surface area contributed by atoms with E-state index in [-0.39, 0.29) is 5.56 Å². The molecule has 1 N–H and O–H groups in total. The first kappa shape index (κ1) is 11.5. The Morgan fingerprint density at radius 3 is 2.93 bits per heavy atom. The molecule has 0 radical (unpaired) electrons. The molecule has 0 fully saturated rings. The predicted molar refractivity (Wildman–Crippen MR) is 53.1 cm³/mol. The number of aromatic nitrogens is 1. The molecule has 0 aromatic carbocycles. The van der Waals surface area contributed by atoms with Gasteiger partial charge in [0.05, 0.1) is 23.2 Å². The molecule has 0 saturated heterocycles. The first-order valence-corrected chi connectivity index (χ1v) is 4.49. The van der Waals surface area contributed by atoms with Crippen molar-refractivity contribution >= 4 is 27.7 Å². The Hall–Kier alpha value is -1.54. The lowest BCUT2D eigenvalue weighted by Crippen LogP contribution is -2.22. The van der Waals surface area contributed by atoms with Gasteiger partial charge in [0.15, 0.2) is 6.20 Å². The van der Waals surface area contributed by atoms with E-state index in [2.05, 4.69) is 25.8 Å². The summed E-state index contributed by atoms with van der Waals surface area (Å²) in [4.78, 5) is 29.0. The Bertz CT molecular complexity index is 409. The minimum absolute atomic E-state index is 0.0820. The van der Waals surface area contributed by atoms with Gasteiger partial charge in [-0.1, -0.05) is 0 Å². The Morgan fingerprint density at radius 1 is 1.73 bits per heavy atom. The Balaban J connectivity index is 3.10. The molecule has 1 rings (SSSR count). The number of pyridine rings is 1. The second kappa shape index (κ2) is 4.80. The number of rotatable bonds is 3. The van der Waals surface area contributed by atoms with Crippen LogP contribution in [-0.2, 0) is 4.84 Å². The molecular weight excluding hydrogens is 270 g/mol. The van der Waals surface area contributed by atoms with Gasteiger partial charge in [0, 0.05) is 0 Å². The number of nitrogens with one attached hydrogen (secondary N) is 1. The topological polar surface area (TPSA) is 94.4 Å². The minimum atomic E-state index is -0.685. The molecule has 0 atom stereocenters. The maximum Gasteiger partial charge on any atom is 0.364 e. The SMILES string of the molecule is CONC(=O)c1cc([N+](=O)[O-])ncc1Br.